The second-order valence-corrected chi connectivity index (χ2v) is 6.22. The molecule has 2 aromatic rings. The van der Waals surface area contributed by atoms with Gasteiger partial charge >= 0.3 is 0 Å². The van der Waals surface area contributed by atoms with E-state index >= 15 is 0 Å². The molecule has 2 heterocycles. The van der Waals surface area contributed by atoms with Crippen LogP contribution in [-0.2, 0) is 11.2 Å². The Morgan fingerprint density at radius 1 is 1.43 bits per heavy atom. The molecule has 4 nitrogen and oxygen atoms in total. The van der Waals surface area contributed by atoms with E-state index in [-0.39, 0.29) is 11.3 Å². The molecule has 0 spiro atoms. The lowest BCUT2D eigenvalue weighted by molar-refractivity contribution is -0.113. The van der Waals surface area contributed by atoms with Crippen LogP contribution in [0.5, 0.6) is 0 Å². The van der Waals surface area contributed by atoms with Gasteiger partial charge in [-0.05, 0) is 43.0 Å². The topological polar surface area (TPSA) is 47.8 Å². The fraction of sp³-hybridized carbons (Fsp3) is 0.353. The van der Waals surface area contributed by atoms with E-state index in [4.69, 9.17) is 0 Å². The van der Waals surface area contributed by atoms with Crippen molar-refractivity contribution in [2.45, 2.75) is 26.2 Å². The van der Waals surface area contributed by atoms with Gasteiger partial charge in [0.25, 0.3) is 0 Å². The summed E-state index contributed by atoms with van der Waals surface area (Å²) in [5, 5.41) is 4.52. The van der Waals surface area contributed by atoms with Gasteiger partial charge in [-0.2, -0.15) is 5.10 Å². The third kappa shape index (κ3) is 1.71. The van der Waals surface area contributed by atoms with Gasteiger partial charge in [0.2, 0.25) is 0 Å². The average molecular weight is 279 g/mol. The normalized spacial score (nSPS) is 26.9. The SMILES string of the molecule is C[C@]12Cc3cnn(-c4cccnc4)c3C=C1CC[C@@H]2C=O. The summed E-state index contributed by atoms with van der Waals surface area (Å²) in [6.45, 7) is 2.22. The Morgan fingerprint density at radius 2 is 2.33 bits per heavy atom. The molecule has 0 amide bonds. The fourth-order valence-electron chi connectivity index (χ4n) is 3.78. The first-order chi connectivity index (χ1) is 10.2. The highest BCUT2D eigenvalue weighted by Gasteiger charge is 2.45. The number of rotatable bonds is 2. The monoisotopic (exact) mass is 279 g/mol. The number of nitrogens with zero attached hydrogens (tertiary/aromatic N) is 3. The molecule has 2 aliphatic carbocycles. The number of carbonyl (C=O) groups excluding carboxylic acids is 1. The minimum absolute atomic E-state index is 0.0163. The highest BCUT2D eigenvalue weighted by molar-refractivity contribution is 5.67. The molecule has 0 radical (unpaired) electrons. The van der Waals surface area contributed by atoms with E-state index in [0.29, 0.717) is 0 Å². The number of aromatic nitrogens is 3. The average Bonchev–Trinajstić information content (AvgIpc) is 3.05. The highest BCUT2D eigenvalue weighted by Crippen LogP contribution is 2.52. The number of hydrogen-bond donors (Lipinski definition) is 0. The third-order valence-corrected chi connectivity index (χ3v) is 5.09. The molecule has 0 bridgehead atoms. The maximum atomic E-state index is 11.3. The van der Waals surface area contributed by atoms with Crippen LogP contribution in [0.15, 0.2) is 36.3 Å². The van der Waals surface area contributed by atoms with Crippen molar-refractivity contribution in [3.05, 3.63) is 47.6 Å². The van der Waals surface area contributed by atoms with E-state index < -0.39 is 0 Å². The minimum atomic E-state index is -0.0163. The molecule has 4 heteroatoms. The lowest BCUT2D eigenvalue weighted by Gasteiger charge is -2.33. The van der Waals surface area contributed by atoms with E-state index in [1.54, 1.807) is 6.20 Å². The molecule has 0 N–H and O–H groups in total. The van der Waals surface area contributed by atoms with Crippen molar-refractivity contribution in [1.29, 1.82) is 0 Å². The van der Waals surface area contributed by atoms with Crippen LogP contribution in [0, 0.1) is 11.3 Å². The first-order valence-corrected chi connectivity index (χ1v) is 7.36. The molecule has 0 aromatic carbocycles. The summed E-state index contributed by atoms with van der Waals surface area (Å²) in [4.78, 5) is 15.5. The van der Waals surface area contributed by atoms with Gasteiger partial charge in [-0.25, -0.2) is 4.68 Å². The number of pyridine rings is 1. The van der Waals surface area contributed by atoms with Gasteiger partial charge in [-0.1, -0.05) is 12.5 Å². The number of aldehydes is 1. The molecule has 1 fully saturated rings. The minimum Gasteiger partial charge on any atom is -0.303 e. The summed E-state index contributed by atoms with van der Waals surface area (Å²) in [7, 11) is 0. The molecule has 21 heavy (non-hydrogen) atoms. The molecular formula is C17H17N3O. The quantitative estimate of drug-likeness (QED) is 0.794. The fourth-order valence-corrected chi connectivity index (χ4v) is 3.78. The molecule has 0 saturated heterocycles. The Bertz CT molecular complexity index is 732. The molecule has 2 atom stereocenters. The molecule has 0 aliphatic heterocycles. The van der Waals surface area contributed by atoms with Gasteiger partial charge in [0.15, 0.2) is 0 Å². The van der Waals surface area contributed by atoms with Crippen LogP contribution in [-0.4, -0.2) is 21.1 Å². The smallest absolute Gasteiger partial charge is 0.123 e. The second-order valence-electron chi connectivity index (χ2n) is 6.22. The summed E-state index contributed by atoms with van der Waals surface area (Å²) in [5.41, 5.74) is 4.71. The number of allylic oxidation sites excluding steroid dienone is 1. The van der Waals surface area contributed by atoms with Crippen molar-refractivity contribution in [3.63, 3.8) is 0 Å². The van der Waals surface area contributed by atoms with E-state index in [1.807, 2.05) is 29.2 Å². The number of carbonyl (C=O) groups is 1. The van der Waals surface area contributed by atoms with Crippen molar-refractivity contribution in [3.8, 4) is 5.69 Å². The lowest BCUT2D eigenvalue weighted by Crippen LogP contribution is -2.29. The van der Waals surface area contributed by atoms with Crippen molar-refractivity contribution < 1.29 is 4.79 Å². The maximum absolute atomic E-state index is 11.3. The van der Waals surface area contributed by atoms with Gasteiger partial charge in [0, 0.05) is 17.5 Å². The molecule has 0 unspecified atom stereocenters. The van der Waals surface area contributed by atoms with Crippen molar-refractivity contribution in [1.82, 2.24) is 14.8 Å². The third-order valence-electron chi connectivity index (χ3n) is 5.09. The Labute approximate surface area is 123 Å². The van der Waals surface area contributed by atoms with Gasteiger partial charge in [-0.3, -0.25) is 4.98 Å². The lowest BCUT2D eigenvalue weighted by atomic mass is 9.70. The van der Waals surface area contributed by atoms with E-state index in [2.05, 4.69) is 23.1 Å². The molecule has 106 valence electrons. The zero-order valence-electron chi connectivity index (χ0n) is 12.0. The zero-order valence-corrected chi connectivity index (χ0v) is 12.0. The van der Waals surface area contributed by atoms with Crippen LogP contribution in [0.2, 0.25) is 0 Å². The van der Waals surface area contributed by atoms with Crippen LogP contribution < -0.4 is 0 Å². The summed E-state index contributed by atoms with van der Waals surface area (Å²) < 4.78 is 1.95. The standard InChI is InChI=1S/C17H17N3O/c1-17-8-12-9-19-20(15-3-2-6-18-10-15)16(12)7-13(17)4-5-14(17)11-21/h2-3,6-7,9-11,14H,4-5,8H2,1H3/t14-,17+/m1/s1. The number of hydrogen-bond acceptors (Lipinski definition) is 3. The Hall–Kier alpha value is -2.23. The van der Waals surface area contributed by atoms with Crippen LogP contribution >= 0.6 is 0 Å². The summed E-state index contributed by atoms with van der Waals surface area (Å²) in [6.07, 6.45) is 11.8. The molecular weight excluding hydrogens is 262 g/mol. The predicted octanol–water partition coefficient (Wildman–Crippen LogP) is 2.82. The van der Waals surface area contributed by atoms with Crippen molar-refractivity contribution >= 4 is 12.4 Å². The summed E-state index contributed by atoms with van der Waals surface area (Å²) in [5.74, 6) is 0.138. The van der Waals surface area contributed by atoms with E-state index in [0.717, 1.165) is 36.9 Å². The number of fused-ring (bicyclic) bond motifs is 2. The first kappa shape index (κ1) is 12.5. The second kappa shape index (κ2) is 4.38. The van der Waals surface area contributed by atoms with Crippen LogP contribution in [0.25, 0.3) is 11.8 Å². The highest BCUT2D eigenvalue weighted by atomic mass is 16.1. The summed E-state index contributed by atoms with van der Waals surface area (Å²) in [6, 6.07) is 3.93. The van der Waals surface area contributed by atoms with Crippen molar-refractivity contribution in [2.75, 3.05) is 0 Å². The largest absolute Gasteiger partial charge is 0.303 e. The van der Waals surface area contributed by atoms with Crippen LogP contribution in [0.3, 0.4) is 0 Å². The van der Waals surface area contributed by atoms with E-state index in [1.165, 1.54) is 11.1 Å². The Morgan fingerprint density at radius 3 is 3.10 bits per heavy atom. The van der Waals surface area contributed by atoms with Gasteiger partial charge in [0.05, 0.1) is 23.8 Å². The maximum Gasteiger partial charge on any atom is 0.123 e. The first-order valence-electron chi connectivity index (χ1n) is 7.36. The Kier molecular flexibility index (Phi) is 2.61. The van der Waals surface area contributed by atoms with E-state index in [9.17, 15) is 4.79 Å². The molecule has 2 aliphatic rings. The van der Waals surface area contributed by atoms with Crippen LogP contribution in [0.1, 0.15) is 31.0 Å². The van der Waals surface area contributed by atoms with Gasteiger partial charge in [-0.15, -0.1) is 0 Å². The van der Waals surface area contributed by atoms with Gasteiger partial charge < -0.3 is 4.79 Å². The van der Waals surface area contributed by atoms with Gasteiger partial charge in [0.1, 0.15) is 6.29 Å². The zero-order chi connectivity index (χ0) is 14.4. The molecule has 2 aromatic heterocycles. The summed E-state index contributed by atoms with van der Waals surface area (Å²) >= 11 is 0. The predicted molar refractivity (Wildman–Crippen MR) is 79.9 cm³/mol. The molecule has 1 saturated carbocycles. The molecule has 4 rings (SSSR count). The Balaban J connectivity index is 1.83. The van der Waals surface area contributed by atoms with Crippen LogP contribution in [0.4, 0.5) is 0 Å². The van der Waals surface area contributed by atoms with Crippen molar-refractivity contribution in [2.24, 2.45) is 11.3 Å².